The van der Waals surface area contributed by atoms with Crippen LogP contribution in [-0.2, 0) is 0 Å². The average Bonchev–Trinajstić information content (AvgIpc) is 2.26. The van der Waals surface area contributed by atoms with Gasteiger partial charge in [0.2, 0.25) is 0 Å². The molecule has 15 heavy (non-hydrogen) atoms. The summed E-state index contributed by atoms with van der Waals surface area (Å²) in [5.41, 5.74) is 0.287. The van der Waals surface area contributed by atoms with E-state index in [2.05, 4.69) is 0 Å². The molecule has 1 unspecified atom stereocenters. The van der Waals surface area contributed by atoms with E-state index in [-0.39, 0.29) is 11.7 Å². The highest BCUT2D eigenvalue weighted by Gasteiger charge is 2.04. The van der Waals surface area contributed by atoms with E-state index in [1.807, 2.05) is 6.92 Å². The molecule has 4 heteroatoms. The van der Waals surface area contributed by atoms with Gasteiger partial charge >= 0.3 is 5.97 Å². The Morgan fingerprint density at radius 2 is 2.00 bits per heavy atom. The molecule has 0 fully saturated rings. The van der Waals surface area contributed by atoms with Crippen LogP contribution < -0.4 is 0 Å². The van der Waals surface area contributed by atoms with Gasteiger partial charge in [-0.15, -0.1) is 11.8 Å². The zero-order chi connectivity index (χ0) is 11.3. The van der Waals surface area contributed by atoms with Crippen LogP contribution in [-0.4, -0.2) is 28.0 Å². The van der Waals surface area contributed by atoms with Gasteiger partial charge in [0.25, 0.3) is 0 Å². The predicted octanol–water partition coefficient (Wildman–Crippen LogP) is 2.25. The van der Waals surface area contributed by atoms with Gasteiger partial charge in [-0.05, 0) is 30.7 Å². The Morgan fingerprint density at radius 3 is 2.47 bits per heavy atom. The summed E-state index contributed by atoms with van der Waals surface area (Å²) >= 11 is 1.53. The zero-order valence-corrected chi connectivity index (χ0v) is 9.33. The fourth-order valence-electron chi connectivity index (χ4n) is 1.00. The van der Waals surface area contributed by atoms with Crippen molar-refractivity contribution in [2.75, 3.05) is 5.75 Å². The highest BCUT2D eigenvalue weighted by molar-refractivity contribution is 7.99. The van der Waals surface area contributed by atoms with Crippen molar-refractivity contribution in [3.05, 3.63) is 29.8 Å². The van der Waals surface area contributed by atoms with Crippen molar-refractivity contribution >= 4 is 17.7 Å². The molecule has 3 nitrogen and oxygen atoms in total. The number of aliphatic hydroxyl groups excluding tert-OH is 1. The molecule has 0 amide bonds. The monoisotopic (exact) mass is 226 g/mol. The Kier molecular flexibility index (Phi) is 4.65. The van der Waals surface area contributed by atoms with E-state index in [4.69, 9.17) is 5.11 Å². The molecule has 0 aliphatic heterocycles. The van der Waals surface area contributed by atoms with Crippen LogP contribution in [0.1, 0.15) is 23.7 Å². The first-order valence-corrected chi connectivity index (χ1v) is 5.76. The van der Waals surface area contributed by atoms with Crippen molar-refractivity contribution in [1.82, 2.24) is 0 Å². The third-order valence-electron chi connectivity index (χ3n) is 2.01. The number of thioether (sulfide) groups is 1. The molecule has 0 heterocycles. The molecule has 2 N–H and O–H groups in total. The van der Waals surface area contributed by atoms with Crippen LogP contribution >= 0.6 is 11.8 Å². The van der Waals surface area contributed by atoms with Gasteiger partial charge in [-0.2, -0.15) is 0 Å². The van der Waals surface area contributed by atoms with Crippen LogP contribution in [0.4, 0.5) is 0 Å². The number of benzene rings is 1. The number of aromatic carboxylic acids is 1. The summed E-state index contributed by atoms with van der Waals surface area (Å²) in [6.07, 6.45) is 0.439. The Hall–Kier alpha value is -1.00. The van der Waals surface area contributed by atoms with Gasteiger partial charge in [0.15, 0.2) is 0 Å². The molecule has 0 saturated carbocycles. The summed E-state index contributed by atoms with van der Waals surface area (Å²) < 4.78 is 0. The van der Waals surface area contributed by atoms with E-state index in [0.29, 0.717) is 5.75 Å². The standard InChI is InChI=1S/C11H14O3S/c1-2-9(12)7-15-10-5-3-8(4-6-10)11(13)14/h3-6,9,12H,2,7H2,1H3,(H,13,14). The van der Waals surface area contributed by atoms with E-state index in [1.54, 1.807) is 24.3 Å². The maximum Gasteiger partial charge on any atom is 0.335 e. The lowest BCUT2D eigenvalue weighted by Crippen LogP contribution is -2.07. The maximum absolute atomic E-state index is 10.6. The highest BCUT2D eigenvalue weighted by atomic mass is 32.2. The van der Waals surface area contributed by atoms with Crippen LogP contribution in [0.2, 0.25) is 0 Å². The minimum Gasteiger partial charge on any atom is -0.478 e. The molecule has 1 rings (SSSR count). The Bertz CT molecular complexity index is 321. The second kappa shape index (κ2) is 5.78. The van der Waals surface area contributed by atoms with Crippen molar-refractivity contribution in [3.8, 4) is 0 Å². The summed E-state index contributed by atoms with van der Waals surface area (Å²) in [5.74, 6) is -0.275. The van der Waals surface area contributed by atoms with E-state index < -0.39 is 5.97 Å². The van der Waals surface area contributed by atoms with Crippen LogP contribution in [0.3, 0.4) is 0 Å². The first-order chi connectivity index (χ1) is 7.13. The maximum atomic E-state index is 10.6. The lowest BCUT2D eigenvalue weighted by Gasteiger charge is -2.06. The van der Waals surface area contributed by atoms with Gasteiger partial charge in [0, 0.05) is 10.6 Å². The lowest BCUT2D eigenvalue weighted by atomic mass is 10.2. The van der Waals surface area contributed by atoms with Crippen molar-refractivity contribution in [2.24, 2.45) is 0 Å². The van der Waals surface area contributed by atoms with Gasteiger partial charge in [-0.3, -0.25) is 0 Å². The SMILES string of the molecule is CCC(O)CSc1ccc(C(=O)O)cc1. The molecule has 82 valence electrons. The summed E-state index contributed by atoms with van der Waals surface area (Å²) in [6.45, 7) is 1.93. The number of hydrogen-bond acceptors (Lipinski definition) is 3. The topological polar surface area (TPSA) is 57.5 Å². The van der Waals surface area contributed by atoms with Crippen molar-refractivity contribution in [3.63, 3.8) is 0 Å². The molecule has 0 spiro atoms. The molecular formula is C11H14O3S. The van der Waals surface area contributed by atoms with E-state index in [1.165, 1.54) is 11.8 Å². The number of carboxylic acids is 1. The van der Waals surface area contributed by atoms with Crippen LogP contribution in [0, 0.1) is 0 Å². The highest BCUT2D eigenvalue weighted by Crippen LogP contribution is 2.19. The molecule has 0 radical (unpaired) electrons. The van der Waals surface area contributed by atoms with Crippen LogP contribution in [0.5, 0.6) is 0 Å². The molecule has 0 aliphatic rings. The molecular weight excluding hydrogens is 212 g/mol. The van der Waals surface area contributed by atoms with Crippen LogP contribution in [0.25, 0.3) is 0 Å². The first-order valence-electron chi connectivity index (χ1n) is 4.77. The fraction of sp³-hybridized carbons (Fsp3) is 0.364. The minimum atomic E-state index is -0.917. The Morgan fingerprint density at radius 1 is 1.40 bits per heavy atom. The second-order valence-electron chi connectivity index (χ2n) is 3.20. The Balaban J connectivity index is 2.53. The first kappa shape index (κ1) is 12.1. The van der Waals surface area contributed by atoms with Gasteiger partial charge in [0.05, 0.1) is 11.7 Å². The van der Waals surface area contributed by atoms with E-state index in [0.717, 1.165) is 11.3 Å². The molecule has 1 aromatic rings. The number of aliphatic hydroxyl groups is 1. The molecule has 0 aliphatic carbocycles. The van der Waals surface area contributed by atoms with Crippen molar-refractivity contribution in [2.45, 2.75) is 24.3 Å². The number of carboxylic acid groups (broad SMARTS) is 1. The fourth-order valence-corrected chi connectivity index (χ4v) is 1.95. The number of hydrogen-bond donors (Lipinski definition) is 2. The molecule has 1 atom stereocenters. The third-order valence-corrected chi connectivity index (χ3v) is 3.17. The number of rotatable bonds is 5. The van der Waals surface area contributed by atoms with Gasteiger partial charge in [-0.25, -0.2) is 4.79 Å². The van der Waals surface area contributed by atoms with Gasteiger partial charge < -0.3 is 10.2 Å². The van der Waals surface area contributed by atoms with Crippen molar-refractivity contribution in [1.29, 1.82) is 0 Å². The van der Waals surface area contributed by atoms with Gasteiger partial charge in [0.1, 0.15) is 0 Å². The van der Waals surface area contributed by atoms with Crippen molar-refractivity contribution < 1.29 is 15.0 Å². The smallest absolute Gasteiger partial charge is 0.335 e. The predicted molar refractivity (Wildman–Crippen MR) is 60.4 cm³/mol. The summed E-state index contributed by atoms with van der Waals surface area (Å²) in [5, 5.41) is 18.0. The minimum absolute atomic E-state index is 0.287. The quantitative estimate of drug-likeness (QED) is 0.756. The Labute approximate surface area is 93.1 Å². The second-order valence-corrected chi connectivity index (χ2v) is 4.30. The summed E-state index contributed by atoms with van der Waals surface area (Å²) in [4.78, 5) is 11.6. The number of carbonyl (C=O) groups is 1. The van der Waals surface area contributed by atoms with Crippen LogP contribution in [0.15, 0.2) is 29.2 Å². The average molecular weight is 226 g/mol. The molecule has 0 bridgehead atoms. The molecule has 0 saturated heterocycles. The zero-order valence-electron chi connectivity index (χ0n) is 8.51. The summed E-state index contributed by atoms with van der Waals surface area (Å²) in [7, 11) is 0. The lowest BCUT2D eigenvalue weighted by molar-refractivity contribution is 0.0697. The molecule has 1 aromatic carbocycles. The van der Waals surface area contributed by atoms with E-state index in [9.17, 15) is 9.90 Å². The summed E-state index contributed by atoms with van der Waals surface area (Å²) in [6, 6.07) is 6.67. The molecule has 0 aromatic heterocycles. The van der Waals surface area contributed by atoms with Gasteiger partial charge in [-0.1, -0.05) is 6.92 Å². The van der Waals surface area contributed by atoms with E-state index >= 15 is 0 Å². The normalized spacial score (nSPS) is 12.4. The largest absolute Gasteiger partial charge is 0.478 e. The third kappa shape index (κ3) is 3.93.